The van der Waals surface area contributed by atoms with E-state index >= 15 is 0 Å². The first-order valence-corrected chi connectivity index (χ1v) is 3.03. The van der Waals surface area contributed by atoms with Gasteiger partial charge >= 0.3 is 0 Å². The maximum absolute atomic E-state index is 5.44. The van der Waals surface area contributed by atoms with Crippen molar-refractivity contribution in [3.63, 3.8) is 0 Å². The molecule has 0 heterocycles. The van der Waals surface area contributed by atoms with Crippen LogP contribution in [0.5, 0.6) is 0 Å². The van der Waals surface area contributed by atoms with Gasteiger partial charge in [-0.05, 0) is 5.92 Å². The lowest BCUT2D eigenvalue weighted by Gasteiger charge is -2.25. The molecule has 56 valence electrons. The zero-order valence-electron chi connectivity index (χ0n) is 6.26. The summed E-state index contributed by atoms with van der Waals surface area (Å²) in [5, 5.41) is 1.56. The molecule has 0 fully saturated rings. The highest BCUT2D eigenvalue weighted by atomic mass is 15.5. The van der Waals surface area contributed by atoms with Crippen LogP contribution in [0, 0.1) is 5.92 Å². The Morgan fingerprint density at radius 2 is 1.89 bits per heavy atom. The summed E-state index contributed by atoms with van der Waals surface area (Å²) in [6, 6.07) is 0. The lowest BCUT2D eigenvalue weighted by Crippen LogP contribution is -2.53. The number of nitrogens with one attached hydrogen (secondary N) is 1. The van der Waals surface area contributed by atoms with Gasteiger partial charge in [0.15, 0.2) is 0 Å². The van der Waals surface area contributed by atoms with E-state index in [-0.39, 0.29) is 6.17 Å². The van der Waals surface area contributed by atoms with Crippen molar-refractivity contribution in [2.24, 2.45) is 17.6 Å². The van der Waals surface area contributed by atoms with Crippen molar-refractivity contribution in [1.82, 2.24) is 10.4 Å². The van der Waals surface area contributed by atoms with Crippen molar-refractivity contribution in [2.75, 3.05) is 7.05 Å². The minimum absolute atomic E-state index is 0.0602. The maximum Gasteiger partial charge on any atom is 0.0875 e. The minimum Gasteiger partial charge on any atom is -0.270 e. The fraction of sp³-hybridized carbons (Fsp3) is 1.00. The molecule has 0 aromatic heterocycles. The fourth-order valence-corrected chi connectivity index (χ4v) is 0.780. The van der Waals surface area contributed by atoms with Crippen molar-refractivity contribution < 1.29 is 0 Å². The molecule has 0 rings (SSSR count). The summed E-state index contributed by atoms with van der Waals surface area (Å²) in [6.07, 6.45) is 0.0602. The Bertz CT molecular complexity index is 63.4. The van der Waals surface area contributed by atoms with Crippen LogP contribution in [0.15, 0.2) is 0 Å². The molecule has 0 aromatic rings. The molecule has 0 saturated carbocycles. The number of hydrogen-bond donors (Lipinski definition) is 3. The molecule has 0 amide bonds. The van der Waals surface area contributed by atoms with Gasteiger partial charge in [-0.15, -0.1) is 0 Å². The summed E-state index contributed by atoms with van der Waals surface area (Å²) in [6.45, 7) is 4.10. The van der Waals surface area contributed by atoms with Crippen molar-refractivity contribution in [3.8, 4) is 0 Å². The van der Waals surface area contributed by atoms with Gasteiger partial charge in [0.05, 0.1) is 6.17 Å². The van der Waals surface area contributed by atoms with Crippen LogP contribution < -0.4 is 17.1 Å². The van der Waals surface area contributed by atoms with E-state index in [1.54, 1.807) is 12.1 Å². The predicted molar refractivity (Wildman–Crippen MR) is 37.9 cm³/mol. The van der Waals surface area contributed by atoms with Crippen molar-refractivity contribution in [1.29, 1.82) is 0 Å². The SMILES string of the molecule is CC(C)C(NN)N(C)N. The first-order chi connectivity index (χ1) is 4.09. The van der Waals surface area contributed by atoms with Gasteiger partial charge in [0, 0.05) is 7.05 Å². The number of hydrogen-bond acceptors (Lipinski definition) is 4. The molecule has 4 heteroatoms. The highest BCUT2D eigenvalue weighted by molar-refractivity contribution is 4.61. The van der Waals surface area contributed by atoms with Gasteiger partial charge in [0.25, 0.3) is 0 Å². The van der Waals surface area contributed by atoms with Gasteiger partial charge in [0.2, 0.25) is 0 Å². The Morgan fingerprint density at radius 1 is 1.44 bits per heavy atom. The second kappa shape index (κ2) is 3.79. The standard InChI is InChI=1S/C5H16N4/c1-4(2)5(8-6)9(3)7/h4-5,8H,6-7H2,1-3H3. The van der Waals surface area contributed by atoms with Crippen LogP contribution in [-0.4, -0.2) is 18.2 Å². The van der Waals surface area contributed by atoms with E-state index in [9.17, 15) is 0 Å². The zero-order chi connectivity index (χ0) is 7.44. The number of nitrogens with two attached hydrogens (primary N) is 2. The maximum atomic E-state index is 5.44. The van der Waals surface area contributed by atoms with E-state index in [0.717, 1.165) is 0 Å². The van der Waals surface area contributed by atoms with E-state index < -0.39 is 0 Å². The van der Waals surface area contributed by atoms with Crippen LogP contribution in [0.25, 0.3) is 0 Å². The molecular formula is C5H16N4. The molecule has 1 atom stereocenters. The van der Waals surface area contributed by atoms with Gasteiger partial charge in [-0.2, -0.15) is 0 Å². The highest BCUT2D eigenvalue weighted by Gasteiger charge is 2.12. The van der Waals surface area contributed by atoms with E-state index in [0.29, 0.717) is 5.92 Å². The second-order valence-corrected chi connectivity index (χ2v) is 2.52. The monoisotopic (exact) mass is 132 g/mol. The molecule has 4 nitrogen and oxygen atoms in total. The molecule has 0 bridgehead atoms. The summed E-state index contributed by atoms with van der Waals surface area (Å²) >= 11 is 0. The smallest absolute Gasteiger partial charge is 0.0875 e. The Labute approximate surface area is 56.1 Å². The van der Waals surface area contributed by atoms with Gasteiger partial charge in [0.1, 0.15) is 0 Å². The lowest BCUT2D eigenvalue weighted by atomic mass is 10.1. The Kier molecular flexibility index (Phi) is 3.72. The van der Waals surface area contributed by atoms with Gasteiger partial charge < -0.3 is 0 Å². The predicted octanol–water partition coefficient (Wildman–Crippen LogP) is -0.763. The normalized spacial score (nSPS) is 15.0. The number of hydrazine groups is 2. The van der Waals surface area contributed by atoms with E-state index in [2.05, 4.69) is 5.43 Å². The van der Waals surface area contributed by atoms with Crippen molar-refractivity contribution in [2.45, 2.75) is 20.0 Å². The van der Waals surface area contributed by atoms with Crippen LogP contribution in [0.3, 0.4) is 0 Å². The molecule has 0 aliphatic carbocycles. The quantitative estimate of drug-likeness (QED) is 0.268. The average molecular weight is 132 g/mol. The van der Waals surface area contributed by atoms with Crippen LogP contribution in [0.1, 0.15) is 13.8 Å². The molecule has 5 N–H and O–H groups in total. The van der Waals surface area contributed by atoms with Crippen molar-refractivity contribution >= 4 is 0 Å². The third kappa shape index (κ3) is 2.76. The molecule has 0 radical (unpaired) electrons. The van der Waals surface area contributed by atoms with E-state index in [4.69, 9.17) is 11.7 Å². The molecule has 0 aliphatic rings. The van der Waals surface area contributed by atoms with Crippen LogP contribution in [-0.2, 0) is 0 Å². The Morgan fingerprint density at radius 3 is 1.89 bits per heavy atom. The number of nitrogens with zero attached hydrogens (tertiary/aromatic N) is 1. The second-order valence-electron chi connectivity index (χ2n) is 2.52. The average Bonchev–Trinajstić information content (AvgIpc) is 1.64. The summed E-state index contributed by atoms with van der Waals surface area (Å²) in [5.41, 5.74) is 2.60. The fourth-order valence-electron chi connectivity index (χ4n) is 0.780. The largest absolute Gasteiger partial charge is 0.270 e. The van der Waals surface area contributed by atoms with Crippen LogP contribution >= 0.6 is 0 Å². The van der Waals surface area contributed by atoms with Gasteiger partial charge in [-0.3, -0.25) is 11.7 Å². The third-order valence-corrected chi connectivity index (χ3v) is 1.24. The molecular weight excluding hydrogens is 116 g/mol. The molecule has 1 unspecified atom stereocenters. The topological polar surface area (TPSA) is 67.3 Å². The van der Waals surface area contributed by atoms with E-state index in [1.165, 1.54) is 0 Å². The van der Waals surface area contributed by atoms with Gasteiger partial charge in [-0.1, -0.05) is 13.8 Å². The first kappa shape index (κ1) is 8.84. The molecule has 0 aliphatic heterocycles. The van der Waals surface area contributed by atoms with Gasteiger partial charge in [-0.25, -0.2) is 10.4 Å². The van der Waals surface area contributed by atoms with E-state index in [1.807, 2.05) is 13.8 Å². The highest BCUT2D eigenvalue weighted by Crippen LogP contribution is 1.99. The third-order valence-electron chi connectivity index (χ3n) is 1.24. The summed E-state index contributed by atoms with van der Waals surface area (Å²) in [7, 11) is 1.78. The molecule has 0 spiro atoms. The Hall–Kier alpha value is -0.160. The molecule has 0 aromatic carbocycles. The van der Waals surface area contributed by atoms with Crippen LogP contribution in [0.2, 0.25) is 0 Å². The van der Waals surface area contributed by atoms with Crippen molar-refractivity contribution in [3.05, 3.63) is 0 Å². The number of rotatable bonds is 3. The zero-order valence-corrected chi connectivity index (χ0v) is 6.26. The Balaban J connectivity index is 3.68. The lowest BCUT2D eigenvalue weighted by molar-refractivity contribution is 0.159. The minimum atomic E-state index is 0.0602. The first-order valence-electron chi connectivity index (χ1n) is 3.03. The molecule has 9 heavy (non-hydrogen) atoms. The summed E-state index contributed by atoms with van der Waals surface area (Å²) in [5.74, 6) is 11.1. The molecule has 0 saturated heterocycles. The van der Waals surface area contributed by atoms with Crippen LogP contribution in [0.4, 0.5) is 0 Å². The summed E-state index contributed by atoms with van der Waals surface area (Å²) in [4.78, 5) is 0. The summed E-state index contributed by atoms with van der Waals surface area (Å²) < 4.78 is 0.